The number of nitrogens with two attached hydrogens (primary N) is 1. The van der Waals surface area contributed by atoms with Crippen LogP contribution in [0.4, 0.5) is 11.4 Å². The third-order valence-corrected chi connectivity index (χ3v) is 3.30. The van der Waals surface area contributed by atoms with Crippen molar-refractivity contribution in [2.24, 2.45) is 0 Å². The second kappa shape index (κ2) is 4.92. The summed E-state index contributed by atoms with van der Waals surface area (Å²) in [5.41, 5.74) is 8.20. The van der Waals surface area contributed by atoms with Gasteiger partial charge in [-0.1, -0.05) is 5.04 Å². The molecule has 2 rings (SSSR count). The van der Waals surface area contributed by atoms with Gasteiger partial charge in [0.25, 0.3) is 0 Å². The van der Waals surface area contributed by atoms with Gasteiger partial charge in [0.1, 0.15) is 0 Å². The van der Waals surface area contributed by atoms with Crippen LogP contribution in [0.1, 0.15) is 12.5 Å². The number of rotatable bonds is 3. The van der Waals surface area contributed by atoms with E-state index in [4.69, 9.17) is 11.0 Å². The number of anilines is 2. The number of benzene rings is 1. The molecule has 0 saturated carbocycles. The van der Waals surface area contributed by atoms with Crippen molar-refractivity contribution in [2.45, 2.75) is 18.2 Å². The Morgan fingerprint density at radius 3 is 3.00 bits per heavy atom. The van der Waals surface area contributed by atoms with Gasteiger partial charge in [0.2, 0.25) is 5.91 Å². The SMILES string of the molecule is CC(=O)N1CCc2cc(N)c(SOOO)cc21. The predicted octanol–water partition coefficient (Wildman–Crippen LogP) is 1.61. The van der Waals surface area contributed by atoms with Gasteiger partial charge >= 0.3 is 0 Å². The molecule has 0 fully saturated rings. The molecule has 0 spiro atoms. The van der Waals surface area contributed by atoms with Crippen LogP contribution in [0, 0.1) is 0 Å². The summed E-state index contributed by atoms with van der Waals surface area (Å²) in [6.45, 7) is 2.18. The van der Waals surface area contributed by atoms with Crippen molar-refractivity contribution < 1.29 is 19.4 Å². The van der Waals surface area contributed by atoms with E-state index in [1.54, 1.807) is 17.0 Å². The van der Waals surface area contributed by atoms with Gasteiger partial charge in [0, 0.05) is 24.8 Å². The smallest absolute Gasteiger partial charge is 0.223 e. The van der Waals surface area contributed by atoms with Gasteiger partial charge in [0.15, 0.2) is 0 Å². The molecule has 1 amide bonds. The van der Waals surface area contributed by atoms with E-state index in [0.717, 1.165) is 29.7 Å². The highest BCUT2D eigenvalue weighted by atomic mass is 32.2. The fourth-order valence-electron chi connectivity index (χ4n) is 1.89. The number of hydrogen-bond acceptors (Lipinski definition) is 6. The number of carbonyl (C=O) groups excluding carboxylic acids is 1. The zero-order valence-electron chi connectivity index (χ0n) is 9.17. The maximum absolute atomic E-state index is 11.4. The molecule has 0 atom stereocenters. The van der Waals surface area contributed by atoms with Gasteiger partial charge in [-0.25, -0.2) is 5.26 Å². The highest BCUT2D eigenvalue weighted by Crippen LogP contribution is 2.36. The Morgan fingerprint density at radius 1 is 1.59 bits per heavy atom. The second-order valence-electron chi connectivity index (χ2n) is 3.67. The highest BCUT2D eigenvalue weighted by molar-refractivity contribution is 7.94. The van der Waals surface area contributed by atoms with E-state index in [9.17, 15) is 4.79 Å². The van der Waals surface area contributed by atoms with Crippen LogP contribution in [0.15, 0.2) is 17.0 Å². The summed E-state index contributed by atoms with van der Waals surface area (Å²) in [6, 6.07) is 3.56. The lowest BCUT2D eigenvalue weighted by Crippen LogP contribution is -2.25. The quantitative estimate of drug-likeness (QED) is 0.370. The van der Waals surface area contributed by atoms with E-state index < -0.39 is 0 Å². The van der Waals surface area contributed by atoms with Gasteiger partial charge < -0.3 is 10.6 Å². The van der Waals surface area contributed by atoms with Gasteiger partial charge in [0.05, 0.1) is 16.9 Å². The van der Waals surface area contributed by atoms with Crippen molar-refractivity contribution >= 4 is 29.3 Å². The van der Waals surface area contributed by atoms with Crippen LogP contribution in [-0.2, 0) is 20.6 Å². The number of nitrogen functional groups attached to an aromatic ring is 1. The number of hydrogen-bond donors (Lipinski definition) is 2. The van der Waals surface area contributed by atoms with E-state index in [1.165, 1.54) is 6.92 Å². The van der Waals surface area contributed by atoms with Crippen molar-refractivity contribution in [3.8, 4) is 0 Å². The third kappa shape index (κ3) is 2.37. The number of nitrogens with zero attached hydrogens (tertiary/aromatic N) is 1. The molecule has 1 aromatic rings. The molecule has 92 valence electrons. The normalized spacial score (nSPS) is 13.9. The second-order valence-corrected chi connectivity index (χ2v) is 4.41. The van der Waals surface area contributed by atoms with Crippen LogP contribution in [0.3, 0.4) is 0 Å². The summed E-state index contributed by atoms with van der Waals surface area (Å²) in [6.07, 6.45) is 0.793. The molecule has 1 aliphatic heterocycles. The molecular weight excluding hydrogens is 244 g/mol. The largest absolute Gasteiger partial charge is 0.398 e. The van der Waals surface area contributed by atoms with E-state index >= 15 is 0 Å². The molecule has 0 aromatic heterocycles. The zero-order chi connectivity index (χ0) is 12.4. The lowest BCUT2D eigenvalue weighted by atomic mass is 10.1. The summed E-state index contributed by atoms with van der Waals surface area (Å²) >= 11 is 0.792. The van der Waals surface area contributed by atoms with Crippen LogP contribution in [0.25, 0.3) is 0 Å². The summed E-state index contributed by atoms with van der Waals surface area (Å²) in [7, 11) is 0. The van der Waals surface area contributed by atoms with Crippen molar-refractivity contribution in [1.29, 1.82) is 0 Å². The number of fused-ring (bicyclic) bond motifs is 1. The fourth-order valence-corrected chi connectivity index (χ4v) is 2.31. The van der Waals surface area contributed by atoms with Crippen LogP contribution in [-0.4, -0.2) is 17.7 Å². The minimum absolute atomic E-state index is 0.0104. The van der Waals surface area contributed by atoms with Crippen molar-refractivity contribution in [3.05, 3.63) is 17.7 Å². The predicted molar refractivity (Wildman–Crippen MR) is 63.2 cm³/mol. The minimum Gasteiger partial charge on any atom is -0.398 e. The van der Waals surface area contributed by atoms with Gasteiger partial charge in [-0.05, 0) is 24.1 Å². The summed E-state index contributed by atoms with van der Waals surface area (Å²) in [5.74, 6) is -0.0104. The molecule has 7 heteroatoms. The Bertz CT molecular complexity index is 452. The van der Waals surface area contributed by atoms with Crippen molar-refractivity contribution in [2.75, 3.05) is 17.2 Å². The van der Waals surface area contributed by atoms with Crippen LogP contribution in [0.5, 0.6) is 0 Å². The van der Waals surface area contributed by atoms with Gasteiger partial charge in [-0.3, -0.25) is 4.79 Å². The van der Waals surface area contributed by atoms with Crippen molar-refractivity contribution in [3.63, 3.8) is 0 Å². The zero-order valence-corrected chi connectivity index (χ0v) is 9.99. The molecule has 0 bridgehead atoms. The van der Waals surface area contributed by atoms with Crippen molar-refractivity contribution in [1.82, 2.24) is 0 Å². The van der Waals surface area contributed by atoms with Gasteiger partial charge in [-0.2, -0.15) is 0 Å². The highest BCUT2D eigenvalue weighted by Gasteiger charge is 2.23. The number of amides is 1. The molecular formula is C10H12N2O4S. The molecule has 0 aliphatic carbocycles. The molecule has 17 heavy (non-hydrogen) atoms. The Balaban J connectivity index is 2.33. The first-order valence-electron chi connectivity index (χ1n) is 4.98. The lowest BCUT2D eigenvalue weighted by molar-refractivity contribution is -0.432. The summed E-state index contributed by atoms with van der Waals surface area (Å²) in [4.78, 5) is 13.7. The molecule has 1 aliphatic rings. The topological polar surface area (TPSA) is 85.0 Å². The molecule has 0 saturated heterocycles. The third-order valence-electron chi connectivity index (χ3n) is 2.64. The van der Waals surface area contributed by atoms with E-state index in [0.29, 0.717) is 17.1 Å². The average molecular weight is 256 g/mol. The lowest BCUT2D eigenvalue weighted by Gasteiger charge is -2.15. The summed E-state index contributed by atoms with van der Waals surface area (Å²) < 4.78 is 4.34. The average Bonchev–Trinajstić information content (AvgIpc) is 2.68. The first kappa shape index (κ1) is 12.2. The molecule has 0 unspecified atom stereocenters. The molecule has 1 aromatic carbocycles. The molecule has 6 nitrogen and oxygen atoms in total. The first-order chi connectivity index (χ1) is 8.13. The Labute approximate surface area is 102 Å². The fraction of sp³-hybridized carbons (Fsp3) is 0.300. The minimum atomic E-state index is -0.0104. The monoisotopic (exact) mass is 256 g/mol. The molecule has 0 radical (unpaired) electrons. The molecule has 1 heterocycles. The van der Waals surface area contributed by atoms with Crippen LogP contribution in [0.2, 0.25) is 0 Å². The van der Waals surface area contributed by atoms with Crippen LogP contribution < -0.4 is 10.6 Å². The Morgan fingerprint density at radius 2 is 2.35 bits per heavy atom. The van der Waals surface area contributed by atoms with E-state index in [2.05, 4.69) is 9.37 Å². The Hall–Kier alpha value is -1.28. The van der Waals surface area contributed by atoms with E-state index in [1.807, 2.05) is 0 Å². The maximum atomic E-state index is 11.4. The van der Waals surface area contributed by atoms with E-state index in [-0.39, 0.29) is 5.91 Å². The first-order valence-corrected chi connectivity index (χ1v) is 5.73. The number of carbonyl (C=O) groups is 1. The van der Waals surface area contributed by atoms with Gasteiger partial charge in [-0.15, -0.1) is 4.33 Å². The standard InChI is InChI=1S/C10H12N2O4S/c1-6(13)12-3-2-7-4-8(11)10(5-9(7)12)17-16-15-14/h4-5,14H,2-3,11H2,1H3. The Kier molecular flexibility index (Phi) is 3.53. The summed E-state index contributed by atoms with van der Waals surface area (Å²) in [5, 5.41) is 11.6. The molecule has 3 N–H and O–H groups in total. The maximum Gasteiger partial charge on any atom is 0.223 e. The van der Waals surface area contributed by atoms with Crippen LogP contribution >= 0.6 is 12.0 Å².